The number of nitrogens with zero attached hydrogens (tertiary/aromatic N) is 3. The van der Waals surface area contributed by atoms with Gasteiger partial charge >= 0.3 is 0 Å². The lowest BCUT2D eigenvalue weighted by Gasteiger charge is -2.04. The van der Waals surface area contributed by atoms with Gasteiger partial charge in [-0.15, -0.1) is 0 Å². The Morgan fingerprint density at radius 3 is 2.88 bits per heavy atom. The zero-order valence-corrected chi connectivity index (χ0v) is 15.2. The van der Waals surface area contributed by atoms with E-state index in [1.807, 2.05) is 31.2 Å². The highest BCUT2D eigenvalue weighted by Gasteiger charge is 2.17. The smallest absolute Gasteiger partial charge is 0.260 e. The topological polar surface area (TPSA) is 75.6 Å². The summed E-state index contributed by atoms with van der Waals surface area (Å²) in [5.74, 6) is -0.559. The summed E-state index contributed by atoms with van der Waals surface area (Å²) >= 11 is 3.20. The Kier molecular flexibility index (Phi) is 4.04. The molecule has 2 aromatic heterocycles. The molecule has 4 rings (SSSR count). The van der Waals surface area contributed by atoms with Crippen molar-refractivity contribution in [1.82, 2.24) is 20.0 Å². The second-order valence-electron chi connectivity index (χ2n) is 5.77. The maximum absolute atomic E-state index is 13.8. The Hall–Kier alpha value is -3.00. The Labute approximate surface area is 156 Å². The average Bonchev–Trinajstić information content (AvgIpc) is 3.26. The summed E-state index contributed by atoms with van der Waals surface area (Å²) in [7, 11) is 0. The van der Waals surface area contributed by atoms with E-state index in [2.05, 4.69) is 36.5 Å². The van der Waals surface area contributed by atoms with Crippen molar-refractivity contribution in [3.05, 3.63) is 70.2 Å². The van der Waals surface area contributed by atoms with E-state index in [0.717, 1.165) is 11.3 Å². The number of para-hydroxylation sites is 1. The number of rotatable bonds is 3. The summed E-state index contributed by atoms with van der Waals surface area (Å²) in [5.41, 5.74) is 2.92. The van der Waals surface area contributed by atoms with Crippen molar-refractivity contribution in [3.8, 4) is 5.69 Å². The molecule has 0 bridgehead atoms. The molecule has 0 unspecified atom stereocenters. The quantitative estimate of drug-likeness (QED) is 0.528. The van der Waals surface area contributed by atoms with Gasteiger partial charge in [0.05, 0.1) is 32.8 Å². The Bertz CT molecular complexity index is 1130. The van der Waals surface area contributed by atoms with E-state index in [0.29, 0.717) is 16.5 Å². The van der Waals surface area contributed by atoms with Crippen molar-refractivity contribution in [3.63, 3.8) is 0 Å². The minimum atomic E-state index is -0.429. The molecule has 0 fully saturated rings. The predicted octanol–water partition coefficient (Wildman–Crippen LogP) is 4.21. The highest BCUT2D eigenvalue weighted by molar-refractivity contribution is 9.10. The van der Waals surface area contributed by atoms with Crippen LogP contribution in [0.25, 0.3) is 16.6 Å². The van der Waals surface area contributed by atoms with Crippen LogP contribution in [-0.2, 0) is 0 Å². The number of hydrogen-bond donors (Lipinski definition) is 2. The molecule has 0 aliphatic heterocycles. The third-order valence-electron chi connectivity index (χ3n) is 4.06. The van der Waals surface area contributed by atoms with Crippen LogP contribution in [0.3, 0.4) is 0 Å². The Morgan fingerprint density at radius 1 is 1.27 bits per heavy atom. The number of halogens is 2. The second-order valence-corrected chi connectivity index (χ2v) is 6.56. The highest BCUT2D eigenvalue weighted by atomic mass is 79.9. The van der Waals surface area contributed by atoms with E-state index in [9.17, 15) is 9.18 Å². The number of aromatic nitrogens is 4. The zero-order valence-electron chi connectivity index (χ0n) is 13.6. The first-order valence-corrected chi connectivity index (χ1v) is 8.58. The van der Waals surface area contributed by atoms with Gasteiger partial charge < -0.3 is 5.32 Å². The van der Waals surface area contributed by atoms with Gasteiger partial charge in [0.2, 0.25) is 0 Å². The number of fused-ring (bicyclic) bond motifs is 1. The monoisotopic (exact) mass is 413 g/mol. The van der Waals surface area contributed by atoms with Gasteiger partial charge in [-0.3, -0.25) is 9.89 Å². The van der Waals surface area contributed by atoms with Gasteiger partial charge in [0.1, 0.15) is 5.82 Å². The van der Waals surface area contributed by atoms with Crippen molar-refractivity contribution < 1.29 is 9.18 Å². The molecular formula is C18H13BrFN5O. The van der Waals surface area contributed by atoms with Crippen LogP contribution in [0.2, 0.25) is 0 Å². The van der Waals surface area contributed by atoms with Gasteiger partial charge in [-0.1, -0.05) is 18.2 Å². The number of carbonyl (C=O) groups excluding carboxylic acids is 1. The number of aryl methyl sites for hydroxylation is 1. The van der Waals surface area contributed by atoms with E-state index in [4.69, 9.17) is 0 Å². The molecule has 8 heteroatoms. The van der Waals surface area contributed by atoms with Crippen molar-refractivity contribution in [2.75, 3.05) is 5.32 Å². The molecule has 2 heterocycles. The predicted molar refractivity (Wildman–Crippen MR) is 100 cm³/mol. The fourth-order valence-corrected chi connectivity index (χ4v) is 3.24. The molecule has 1 amide bonds. The van der Waals surface area contributed by atoms with Crippen LogP contribution in [0.1, 0.15) is 15.9 Å². The molecular weight excluding hydrogens is 401 g/mol. The number of hydrogen-bond acceptors (Lipinski definition) is 3. The number of carbonyl (C=O) groups is 1. The lowest BCUT2D eigenvalue weighted by atomic mass is 10.2. The van der Waals surface area contributed by atoms with Crippen molar-refractivity contribution in [2.45, 2.75) is 6.92 Å². The molecule has 6 nitrogen and oxygen atoms in total. The largest absolute Gasteiger partial charge is 0.304 e. The first-order valence-electron chi connectivity index (χ1n) is 7.78. The first kappa shape index (κ1) is 16.5. The van der Waals surface area contributed by atoms with Gasteiger partial charge in [-0.05, 0) is 46.6 Å². The standard InChI is InChI=1S/C18H13BrFN5O/c1-10-4-2-3-5-14(10)25-9-11(8-21-25)18(26)22-17-15-13(23-24-17)7-6-12(20)16(15)19/h2-9H,1H3,(H2,22,23,24,26). The van der Waals surface area contributed by atoms with Crippen molar-refractivity contribution in [2.24, 2.45) is 0 Å². The molecule has 26 heavy (non-hydrogen) atoms. The highest BCUT2D eigenvalue weighted by Crippen LogP contribution is 2.31. The first-order chi connectivity index (χ1) is 12.5. The van der Waals surface area contributed by atoms with Crippen LogP contribution in [0.15, 0.2) is 53.3 Å². The summed E-state index contributed by atoms with van der Waals surface area (Å²) in [4.78, 5) is 12.6. The molecule has 0 saturated carbocycles. The fourth-order valence-electron chi connectivity index (χ4n) is 2.71. The van der Waals surface area contributed by atoms with Crippen LogP contribution in [0, 0.1) is 12.7 Å². The van der Waals surface area contributed by atoms with Gasteiger partial charge in [0.25, 0.3) is 5.91 Å². The molecule has 0 atom stereocenters. The molecule has 0 aliphatic rings. The molecule has 2 aromatic carbocycles. The zero-order chi connectivity index (χ0) is 18.3. The average molecular weight is 414 g/mol. The minimum absolute atomic E-state index is 0.245. The van der Waals surface area contributed by atoms with Crippen LogP contribution >= 0.6 is 15.9 Å². The Morgan fingerprint density at radius 2 is 2.08 bits per heavy atom. The summed E-state index contributed by atoms with van der Waals surface area (Å²) in [6, 6.07) is 10.6. The summed E-state index contributed by atoms with van der Waals surface area (Å²) < 4.78 is 15.7. The Balaban J connectivity index is 1.64. The van der Waals surface area contributed by atoms with Crippen molar-refractivity contribution >= 4 is 38.6 Å². The molecule has 0 spiro atoms. The van der Waals surface area contributed by atoms with E-state index in [1.54, 1.807) is 16.9 Å². The molecule has 2 N–H and O–H groups in total. The molecule has 0 aliphatic carbocycles. The number of nitrogens with one attached hydrogen (secondary N) is 2. The maximum atomic E-state index is 13.8. The number of H-pyrrole nitrogens is 1. The molecule has 130 valence electrons. The lowest BCUT2D eigenvalue weighted by molar-refractivity contribution is 0.102. The molecule has 0 saturated heterocycles. The SMILES string of the molecule is Cc1ccccc1-n1cc(C(=O)Nc2n[nH]c3ccc(F)c(Br)c23)cn1. The van der Waals surface area contributed by atoms with Gasteiger partial charge in [-0.25, -0.2) is 9.07 Å². The molecule has 4 aromatic rings. The third kappa shape index (κ3) is 2.78. The normalized spacial score (nSPS) is 11.0. The number of amides is 1. The second kappa shape index (κ2) is 6.38. The van der Waals surface area contributed by atoms with Gasteiger partial charge in [0.15, 0.2) is 5.82 Å². The van der Waals surface area contributed by atoms with Crippen molar-refractivity contribution in [1.29, 1.82) is 0 Å². The maximum Gasteiger partial charge on any atom is 0.260 e. The minimum Gasteiger partial charge on any atom is -0.304 e. The van der Waals surface area contributed by atoms with Gasteiger partial charge in [0, 0.05) is 6.20 Å². The van der Waals surface area contributed by atoms with E-state index < -0.39 is 5.82 Å². The summed E-state index contributed by atoms with van der Waals surface area (Å²) in [6.45, 7) is 1.97. The van der Waals surface area contributed by atoms with Crippen LogP contribution in [0.4, 0.5) is 10.2 Å². The summed E-state index contributed by atoms with van der Waals surface area (Å²) in [5, 5.41) is 14.3. The van der Waals surface area contributed by atoms with Crippen LogP contribution in [-0.4, -0.2) is 25.9 Å². The van der Waals surface area contributed by atoms with E-state index in [-0.39, 0.29) is 16.2 Å². The van der Waals surface area contributed by atoms with Crippen LogP contribution < -0.4 is 5.32 Å². The number of aromatic amines is 1. The lowest BCUT2D eigenvalue weighted by Crippen LogP contribution is -2.11. The fraction of sp³-hybridized carbons (Fsp3) is 0.0556. The van der Waals surface area contributed by atoms with E-state index in [1.165, 1.54) is 12.3 Å². The molecule has 0 radical (unpaired) electrons. The number of benzene rings is 2. The summed E-state index contributed by atoms with van der Waals surface area (Å²) in [6.07, 6.45) is 3.12. The number of anilines is 1. The van der Waals surface area contributed by atoms with Crippen LogP contribution in [0.5, 0.6) is 0 Å². The third-order valence-corrected chi connectivity index (χ3v) is 4.83. The van der Waals surface area contributed by atoms with E-state index >= 15 is 0 Å². The van der Waals surface area contributed by atoms with Gasteiger partial charge in [-0.2, -0.15) is 10.2 Å².